The number of nitrogens with one attached hydrogen (secondary N) is 1. The molecular weight excluding hydrogens is 306 g/mol. The van der Waals surface area contributed by atoms with Crippen LogP contribution in [0.1, 0.15) is 21.5 Å². The number of benzene rings is 2. The van der Waals surface area contributed by atoms with E-state index in [-0.39, 0.29) is 12.5 Å². The predicted octanol–water partition coefficient (Wildman–Crippen LogP) is 2.52. The quantitative estimate of drug-likeness (QED) is 0.794. The van der Waals surface area contributed by atoms with Crippen LogP contribution in [-0.2, 0) is 16.0 Å². The van der Waals surface area contributed by atoms with Gasteiger partial charge in [0.15, 0.2) is 6.61 Å². The van der Waals surface area contributed by atoms with Crippen molar-refractivity contribution >= 4 is 11.9 Å². The zero-order chi connectivity index (χ0) is 17.4. The second-order valence-corrected chi connectivity index (χ2v) is 5.33. The second-order valence-electron chi connectivity index (χ2n) is 5.33. The van der Waals surface area contributed by atoms with Crippen LogP contribution >= 0.6 is 0 Å². The van der Waals surface area contributed by atoms with Gasteiger partial charge >= 0.3 is 5.97 Å². The van der Waals surface area contributed by atoms with E-state index >= 15 is 0 Å². The third kappa shape index (κ3) is 5.12. The van der Waals surface area contributed by atoms with Gasteiger partial charge in [0.2, 0.25) is 0 Å². The number of hydrogen-bond acceptors (Lipinski definition) is 4. The topological polar surface area (TPSA) is 64.6 Å². The second kappa shape index (κ2) is 8.72. The highest BCUT2D eigenvalue weighted by Crippen LogP contribution is 2.12. The Balaban J connectivity index is 1.73. The number of methoxy groups -OCH3 is 1. The minimum atomic E-state index is -0.407. The molecule has 5 heteroatoms. The van der Waals surface area contributed by atoms with Crippen molar-refractivity contribution < 1.29 is 19.1 Å². The van der Waals surface area contributed by atoms with Gasteiger partial charge in [0, 0.05) is 6.54 Å². The molecule has 2 rings (SSSR count). The summed E-state index contributed by atoms with van der Waals surface area (Å²) in [6.07, 6.45) is 0.784. The van der Waals surface area contributed by atoms with Crippen LogP contribution in [0.4, 0.5) is 0 Å². The summed E-state index contributed by atoms with van der Waals surface area (Å²) in [5.74, 6) is -0.0622. The first kappa shape index (κ1) is 17.5. The van der Waals surface area contributed by atoms with Crippen molar-refractivity contribution in [1.82, 2.24) is 5.32 Å². The molecule has 0 fully saturated rings. The number of carbonyl (C=O) groups excluding carboxylic acids is 2. The van der Waals surface area contributed by atoms with Crippen LogP contribution in [0.2, 0.25) is 0 Å². The van der Waals surface area contributed by atoms with E-state index in [1.165, 1.54) is 18.2 Å². The molecule has 0 atom stereocenters. The average molecular weight is 327 g/mol. The zero-order valence-corrected chi connectivity index (χ0v) is 13.9. The van der Waals surface area contributed by atoms with Crippen LogP contribution < -0.4 is 10.1 Å². The summed E-state index contributed by atoms with van der Waals surface area (Å²) in [6, 6.07) is 14.6. The minimum absolute atomic E-state index is 0.0641. The molecule has 0 aliphatic heterocycles. The smallest absolute Gasteiger partial charge is 0.337 e. The molecule has 24 heavy (non-hydrogen) atoms. The van der Waals surface area contributed by atoms with Crippen LogP contribution in [0.25, 0.3) is 0 Å². The Morgan fingerprint density at radius 2 is 1.75 bits per heavy atom. The van der Waals surface area contributed by atoms with Crippen molar-refractivity contribution in [3.8, 4) is 5.75 Å². The molecule has 1 amide bonds. The number of ether oxygens (including phenoxy) is 2. The Kier molecular flexibility index (Phi) is 6.37. The lowest BCUT2D eigenvalue weighted by molar-refractivity contribution is -0.123. The summed E-state index contributed by atoms with van der Waals surface area (Å²) in [5, 5.41) is 2.83. The summed E-state index contributed by atoms with van der Waals surface area (Å²) >= 11 is 0. The van der Waals surface area contributed by atoms with E-state index in [4.69, 9.17) is 4.74 Å². The van der Waals surface area contributed by atoms with Crippen molar-refractivity contribution in [2.45, 2.75) is 13.3 Å². The van der Waals surface area contributed by atoms with Crippen molar-refractivity contribution in [3.63, 3.8) is 0 Å². The van der Waals surface area contributed by atoms with Crippen LogP contribution in [0.15, 0.2) is 48.5 Å². The maximum absolute atomic E-state index is 11.8. The average Bonchev–Trinajstić information content (AvgIpc) is 2.61. The molecule has 0 aliphatic carbocycles. The molecule has 5 nitrogen and oxygen atoms in total. The van der Waals surface area contributed by atoms with Crippen molar-refractivity contribution in [2.75, 3.05) is 20.3 Å². The highest BCUT2D eigenvalue weighted by atomic mass is 16.5. The van der Waals surface area contributed by atoms with Crippen molar-refractivity contribution in [1.29, 1.82) is 0 Å². The molecule has 0 unspecified atom stereocenters. The summed E-state index contributed by atoms with van der Waals surface area (Å²) in [5.41, 5.74) is 2.87. The van der Waals surface area contributed by atoms with Gasteiger partial charge in [-0.1, -0.05) is 24.3 Å². The third-order valence-electron chi connectivity index (χ3n) is 3.62. The van der Waals surface area contributed by atoms with E-state index in [0.29, 0.717) is 17.9 Å². The van der Waals surface area contributed by atoms with Gasteiger partial charge in [-0.2, -0.15) is 0 Å². The van der Waals surface area contributed by atoms with Gasteiger partial charge in [-0.25, -0.2) is 4.79 Å². The molecule has 2 aromatic carbocycles. The Labute approximate surface area is 141 Å². The lowest BCUT2D eigenvalue weighted by Gasteiger charge is -2.09. The molecule has 0 saturated heterocycles. The van der Waals surface area contributed by atoms with Gasteiger partial charge in [-0.3, -0.25) is 4.79 Å². The molecule has 0 heterocycles. The summed E-state index contributed by atoms with van der Waals surface area (Å²) in [4.78, 5) is 23.1. The lowest BCUT2D eigenvalue weighted by Crippen LogP contribution is -2.30. The summed E-state index contributed by atoms with van der Waals surface area (Å²) < 4.78 is 10.0. The molecule has 0 spiro atoms. The maximum atomic E-state index is 11.8. The molecular formula is C19H21NO4. The van der Waals surface area contributed by atoms with Gasteiger partial charge in [0.25, 0.3) is 5.91 Å². The van der Waals surface area contributed by atoms with Crippen molar-refractivity contribution in [3.05, 3.63) is 65.2 Å². The van der Waals surface area contributed by atoms with E-state index in [1.54, 1.807) is 24.3 Å². The third-order valence-corrected chi connectivity index (χ3v) is 3.62. The zero-order valence-electron chi connectivity index (χ0n) is 13.9. The van der Waals surface area contributed by atoms with Crippen LogP contribution in [0.5, 0.6) is 5.75 Å². The molecule has 2 aromatic rings. The standard InChI is InChI=1S/C19H21NO4/c1-14-5-3-4-6-15(14)11-12-20-18(21)13-24-17-9-7-16(8-10-17)19(22)23-2/h3-10H,11-13H2,1-2H3,(H,20,21). The Hall–Kier alpha value is -2.82. The largest absolute Gasteiger partial charge is 0.484 e. The fraction of sp³-hybridized carbons (Fsp3) is 0.263. The van der Waals surface area contributed by atoms with E-state index in [9.17, 15) is 9.59 Å². The summed E-state index contributed by atoms with van der Waals surface area (Å²) in [6.45, 7) is 2.55. The van der Waals surface area contributed by atoms with Gasteiger partial charge in [-0.05, 0) is 48.7 Å². The van der Waals surface area contributed by atoms with Crippen LogP contribution in [0.3, 0.4) is 0 Å². The molecule has 1 N–H and O–H groups in total. The van der Waals surface area contributed by atoms with Crippen LogP contribution in [-0.4, -0.2) is 32.1 Å². The highest BCUT2D eigenvalue weighted by Gasteiger charge is 2.06. The molecule has 0 aliphatic rings. The van der Waals surface area contributed by atoms with E-state index in [0.717, 1.165) is 6.42 Å². The fourth-order valence-corrected chi connectivity index (χ4v) is 2.23. The number of hydrogen-bond donors (Lipinski definition) is 1. The first-order chi connectivity index (χ1) is 11.6. The minimum Gasteiger partial charge on any atom is -0.484 e. The van der Waals surface area contributed by atoms with Gasteiger partial charge in [0.05, 0.1) is 12.7 Å². The van der Waals surface area contributed by atoms with Gasteiger partial charge in [0.1, 0.15) is 5.75 Å². The Bertz CT molecular complexity index is 695. The number of rotatable bonds is 7. The van der Waals surface area contributed by atoms with E-state index in [1.807, 2.05) is 12.1 Å². The number of carbonyl (C=O) groups is 2. The SMILES string of the molecule is COC(=O)c1ccc(OCC(=O)NCCc2ccccc2C)cc1. The van der Waals surface area contributed by atoms with E-state index < -0.39 is 5.97 Å². The highest BCUT2D eigenvalue weighted by molar-refractivity contribution is 5.89. The molecule has 126 valence electrons. The molecule has 0 saturated carbocycles. The van der Waals surface area contributed by atoms with Crippen LogP contribution in [0, 0.1) is 6.92 Å². The van der Waals surface area contributed by atoms with Gasteiger partial charge in [-0.15, -0.1) is 0 Å². The fourth-order valence-electron chi connectivity index (χ4n) is 2.23. The Morgan fingerprint density at radius 3 is 2.42 bits per heavy atom. The number of aryl methyl sites for hydroxylation is 1. The lowest BCUT2D eigenvalue weighted by atomic mass is 10.1. The molecule has 0 aromatic heterocycles. The summed E-state index contributed by atoms with van der Waals surface area (Å²) in [7, 11) is 1.33. The first-order valence-corrected chi connectivity index (χ1v) is 7.72. The molecule has 0 bridgehead atoms. The van der Waals surface area contributed by atoms with Gasteiger partial charge < -0.3 is 14.8 Å². The normalized spacial score (nSPS) is 10.1. The van der Waals surface area contributed by atoms with Crippen molar-refractivity contribution in [2.24, 2.45) is 0 Å². The predicted molar refractivity (Wildman–Crippen MR) is 91.2 cm³/mol. The monoisotopic (exact) mass is 327 g/mol. The number of esters is 1. The first-order valence-electron chi connectivity index (χ1n) is 7.72. The molecule has 0 radical (unpaired) electrons. The number of amides is 1. The maximum Gasteiger partial charge on any atom is 0.337 e. The Morgan fingerprint density at radius 1 is 1.04 bits per heavy atom. The van der Waals surface area contributed by atoms with E-state index in [2.05, 4.69) is 29.1 Å².